The molecule has 0 bridgehead atoms. The Morgan fingerprint density at radius 2 is 1.79 bits per heavy atom. The summed E-state index contributed by atoms with van der Waals surface area (Å²) in [6.45, 7) is 0. The number of para-hydroxylation sites is 1. The lowest BCUT2D eigenvalue weighted by Gasteiger charge is -2.08. The van der Waals surface area contributed by atoms with Crippen LogP contribution in [0, 0.1) is 0 Å². The number of aromatic nitrogens is 3. The first-order valence-electron chi connectivity index (χ1n) is 7.15. The Kier molecular flexibility index (Phi) is 4.33. The zero-order chi connectivity index (χ0) is 16.9. The molecule has 0 aliphatic rings. The summed E-state index contributed by atoms with van der Waals surface area (Å²) in [5, 5.41) is 10.5. The van der Waals surface area contributed by atoms with Crippen molar-refractivity contribution in [2.24, 2.45) is 0 Å². The lowest BCUT2D eigenvalue weighted by atomic mass is 10.2. The van der Waals surface area contributed by atoms with E-state index in [1.807, 2.05) is 12.1 Å². The Morgan fingerprint density at radius 3 is 2.54 bits per heavy atom. The third-order valence-corrected chi connectivity index (χ3v) is 3.32. The van der Waals surface area contributed by atoms with Crippen LogP contribution in [0.3, 0.4) is 0 Å². The van der Waals surface area contributed by atoms with Gasteiger partial charge in [0.25, 0.3) is 5.91 Å². The van der Waals surface area contributed by atoms with E-state index in [1.165, 1.54) is 18.0 Å². The van der Waals surface area contributed by atoms with Gasteiger partial charge in [0.2, 0.25) is 0 Å². The minimum atomic E-state index is -0.682. The standard InChI is InChI=1S/C17H14N4O3/c1-24-17(23)14(18-16(22)12-7-3-2-4-8-12)11-21-15-10-6-5-9-13(15)19-20-21/h2-11H,1H3,(H,18,22)/b14-11-. The smallest absolute Gasteiger partial charge is 0.356 e. The summed E-state index contributed by atoms with van der Waals surface area (Å²) in [4.78, 5) is 24.2. The highest BCUT2D eigenvalue weighted by atomic mass is 16.5. The van der Waals surface area contributed by atoms with Gasteiger partial charge in [-0.1, -0.05) is 35.5 Å². The van der Waals surface area contributed by atoms with Crippen molar-refractivity contribution in [1.82, 2.24) is 20.3 Å². The Bertz CT molecular complexity index is 916. The zero-order valence-corrected chi connectivity index (χ0v) is 12.8. The largest absolute Gasteiger partial charge is 0.464 e. The van der Waals surface area contributed by atoms with Gasteiger partial charge in [-0.3, -0.25) is 4.79 Å². The molecular formula is C17H14N4O3. The van der Waals surface area contributed by atoms with Crippen molar-refractivity contribution in [3.05, 3.63) is 65.9 Å². The number of ether oxygens (including phenoxy) is 1. The molecule has 1 aromatic heterocycles. The van der Waals surface area contributed by atoms with E-state index in [4.69, 9.17) is 4.74 Å². The number of methoxy groups -OCH3 is 1. The Balaban J connectivity index is 1.95. The normalized spacial score (nSPS) is 11.3. The van der Waals surface area contributed by atoms with Crippen molar-refractivity contribution in [2.45, 2.75) is 0 Å². The van der Waals surface area contributed by atoms with Crippen LogP contribution in [0.15, 0.2) is 60.3 Å². The van der Waals surface area contributed by atoms with Crippen molar-refractivity contribution in [3.63, 3.8) is 0 Å². The maximum absolute atomic E-state index is 12.3. The molecule has 24 heavy (non-hydrogen) atoms. The summed E-state index contributed by atoms with van der Waals surface area (Å²) in [6, 6.07) is 15.8. The van der Waals surface area contributed by atoms with Gasteiger partial charge in [-0.2, -0.15) is 0 Å². The molecule has 2 aromatic carbocycles. The molecule has 0 saturated heterocycles. The summed E-state index contributed by atoms with van der Waals surface area (Å²) in [5.74, 6) is -1.10. The third kappa shape index (κ3) is 3.14. The van der Waals surface area contributed by atoms with Crippen LogP contribution in [0.5, 0.6) is 0 Å². The maximum Gasteiger partial charge on any atom is 0.356 e. The third-order valence-electron chi connectivity index (χ3n) is 3.32. The van der Waals surface area contributed by atoms with Crippen molar-refractivity contribution in [3.8, 4) is 0 Å². The molecule has 7 nitrogen and oxygen atoms in total. The molecule has 1 amide bonds. The lowest BCUT2D eigenvalue weighted by Crippen LogP contribution is -2.28. The van der Waals surface area contributed by atoms with Crippen molar-refractivity contribution in [1.29, 1.82) is 0 Å². The molecule has 0 fully saturated rings. The van der Waals surface area contributed by atoms with Gasteiger partial charge in [0.1, 0.15) is 11.2 Å². The second kappa shape index (κ2) is 6.74. The fourth-order valence-corrected chi connectivity index (χ4v) is 2.13. The highest BCUT2D eigenvalue weighted by Crippen LogP contribution is 2.11. The van der Waals surface area contributed by atoms with Crippen LogP contribution in [-0.2, 0) is 9.53 Å². The van der Waals surface area contributed by atoms with E-state index in [9.17, 15) is 9.59 Å². The Labute approximate surface area is 137 Å². The highest BCUT2D eigenvalue weighted by molar-refractivity contribution is 6.02. The van der Waals surface area contributed by atoms with Crippen LogP contribution in [0.2, 0.25) is 0 Å². The summed E-state index contributed by atoms with van der Waals surface area (Å²) >= 11 is 0. The molecule has 0 radical (unpaired) electrons. The number of nitrogens with one attached hydrogen (secondary N) is 1. The minimum Gasteiger partial charge on any atom is -0.464 e. The first-order chi connectivity index (χ1) is 11.7. The van der Waals surface area contributed by atoms with Gasteiger partial charge in [0.15, 0.2) is 0 Å². The van der Waals surface area contributed by atoms with E-state index in [2.05, 4.69) is 15.6 Å². The average Bonchev–Trinajstić information content (AvgIpc) is 3.04. The van der Waals surface area contributed by atoms with Crippen LogP contribution in [0.4, 0.5) is 0 Å². The number of nitrogens with zero attached hydrogens (tertiary/aromatic N) is 3. The van der Waals surface area contributed by atoms with Crippen LogP contribution >= 0.6 is 0 Å². The number of carbonyl (C=O) groups excluding carboxylic acids is 2. The minimum absolute atomic E-state index is 0.0398. The summed E-state index contributed by atoms with van der Waals surface area (Å²) in [7, 11) is 1.24. The van der Waals surface area contributed by atoms with Crippen molar-refractivity contribution in [2.75, 3.05) is 7.11 Å². The molecule has 0 spiro atoms. The molecular weight excluding hydrogens is 308 g/mol. The Hall–Kier alpha value is -3.48. The van der Waals surface area contributed by atoms with E-state index < -0.39 is 11.9 Å². The van der Waals surface area contributed by atoms with Gasteiger partial charge in [0, 0.05) is 5.56 Å². The molecule has 3 aromatic rings. The Morgan fingerprint density at radius 1 is 1.08 bits per heavy atom. The monoisotopic (exact) mass is 322 g/mol. The predicted octanol–water partition coefficient (Wildman–Crippen LogP) is 1.83. The maximum atomic E-state index is 12.3. The fourth-order valence-electron chi connectivity index (χ4n) is 2.13. The number of esters is 1. The molecule has 0 unspecified atom stereocenters. The number of benzene rings is 2. The summed E-state index contributed by atoms with van der Waals surface area (Å²) < 4.78 is 6.14. The zero-order valence-electron chi connectivity index (χ0n) is 12.8. The second-order valence-electron chi connectivity index (χ2n) is 4.88. The van der Waals surface area contributed by atoms with Gasteiger partial charge >= 0.3 is 5.97 Å². The summed E-state index contributed by atoms with van der Waals surface area (Å²) in [5.41, 5.74) is 1.76. The first kappa shape index (κ1) is 15.4. The van der Waals surface area contributed by atoms with Gasteiger partial charge in [0.05, 0.1) is 18.8 Å². The topological polar surface area (TPSA) is 86.1 Å². The van der Waals surface area contributed by atoms with E-state index >= 15 is 0 Å². The quantitative estimate of drug-likeness (QED) is 0.585. The molecule has 120 valence electrons. The number of amides is 1. The van der Waals surface area contributed by atoms with Gasteiger partial charge < -0.3 is 10.1 Å². The number of fused-ring (bicyclic) bond motifs is 1. The number of hydrogen-bond donors (Lipinski definition) is 1. The number of carbonyl (C=O) groups is 2. The molecule has 0 atom stereocenters. The van der Waals surface area contributed by atoms with Crippen molar-refractivity contribution < 1.29 is 14.3 Å². The van der Waals surface area contributed by atoms with Gasteiger partial charge in [-0.15, -0.1) is 5.10 Å². The van der Waals surface area contributed by atoms with Gasteiger partial charge in [-0.05, 0) is 24.3 Å². The van der Waals surface area contributed by atoms with Crippen LogP contribution in [0.25, 0.3) is 17.2 Å². The van der Waals surface area contributed by atoms with Crippen LogP contribution in [-0.4, -0.2) is 34.0 Å². The fraction of sp³-hybridized carbons (Fsp3) is 0.0588. The molecule has 1 heterocycles. The predicted molar refractivity (Wildman–Crippen MR) is 87.7 cm³/mol. The van der Waals surface area contributed by atoms with E-state index in [0.717, 1.165) is 0 Å². The first-order valence-corrected chi connectivity index (χ1v) is 7.15. The molecule has 0 aliphatic heterocycles. The SMILES string of the molecule is COC(=O)/C(=C/n1nnc2ccccc21)NC(=O)c1ccccc1. The molecule has 7 heteroatoms. The molecule has 1 N–H and O–H groups in total. The van der Waals surface area contributed by atoms with E-state index in [0.29, 0.717) is 16.6 Å². The van der Waals surface area contributed by atoms with E-state index in [1.54, 1.807) is 42.5 Å². The van der Waals surface area contributed by atoms with Crippen molar-refractivity contribution >= 4 is 29.1 Å². The number of rotatable bonds is 4. The van der Waals surface area contributed by atoms with Crippen LogP contribution < -0.4 is 5.32 Å². The highest BCUT2D eigenvalue weighted by Gasteiger charge is 2.16. The van der Waals surface area contributed by atoms with Gasteiger partial charge in [-0.25, -0.2) is 9.48 Å². The molecule has 0 aliphatic carbocycles. The van der Waals surface area contributed by atoms with Crippen LogP contribution in [0.1, 0.15) is 10.4 Å². The summed E-state index contributed by atoms with van der Waals surface area (Å²) in [6.07, 6.45) is 1.38. The van der Waals surface area contributed by atoms with E-state index in [-0.39, 0.29) is 5.70 Å². The molecule has 3 rings (SSSR count). The average molecular weight is 322 g/mol. The molecule has 0 saturated carbocycles. The lowest BCUT2D eigenvalue weighted by molar-refractivity contribution is -0.136. The number of hydrogen-bond acceptors (Lipinski definition) is 5. The second-order valence-corrected chi connectivity index (χ2v) is 4.88.